The Hall–Kier alpha value is -2.96. The van der Waals surface area contributed by atoms with Crippen LogP contribution in [0.3, 0.4) is 0 Å². The average Bonchev–Trinajstić information content (AvgIpc) is 2.51. The number of pyridine rings is 1. The largest absolute Gasteiger partial charge is 0.443 e. The fourth-order valence-corrected chi connectivity index (χ4v) is 2.27. The quantitative estimate of drug-likeness (QED) is 0.612. The molecule has 0 saturated carbocycles. The van der Waals surface area contributed by atoms with Crippen molar-refractivity contribution in [3.05, 3.63) is 63.8 Å². The van der Waals surface area contributed by atoms with E-state index in [1.165, 1.54) is 17.2 Å². The van der Waals surface area contributed by atoms with Crippen molar-refractivity contribution in [3.8, 4) is 0 Å². The minimum atomic E-state index is -0.732. The summed E-state index contributed by atoms with van der Waals surface area (Å²) in [7, 11) is 0. The Morgan fingerprint density at radius 1 is 1.24 bits per heavy atom. The third kappa shape index (κ3) is 4.76. The first-order chi connectivity index (χ1) is 11.7. The highest BCUT2D eigenvalue weighted by molar-refractivity contribution is 5.89. The van der Waals surface area contributed by atoms with Crippen LogP contribution in [0.25, 0.3) is 0 Å². The molecule has 0 aliphatic heterocycles. The van der Waals surface area contributed by atoms with Crippen LogP contribution < -0.4 is 4.90 Å². The molecule has 0 spiro atoms. The molecule has 0 saturated heterocycles. The molecule has 1 amide bonds. The summed E-state index contributed by atoms with van der Waals surface area (Å²) in [6.45, 7) is 6.95. The summed E-state index contributed by atoms with van der Waals surface area (Å²) in [6, 6.07) is 10.7. The fraction of sp³-hybridized carbons (Fsp3) is 0.333. The second-order valence-corrected chi connectivity index (χ2v) is 6.61. The molecule has 0 fully saturated rings. The van der Waals surface area contributed by atoms with Crippen LogP contribution in [-0.2, 0) is 11.3 Å². The van der Waals surface area contributed by atoms with Gasteiger partial charge < -0.3 is 4.74 Å². The number of anilines is 1. The highest BCUT2D eigenvalue weighted by Crippen LogP contribution is 2.31. The van der Waals surface area contributed by atoms with E-state index < -0.39 is 16.6 Å². The van der Waals surface area contributed by atoms with Crippen LogP contribution in [0.15, 0.2) is 42.6 Å². The SMILES string of the molecule is Cc1ccnc(N(Cc2ccccc2)C(=O)OC(C)(C)C)c1[N+](=O)[O-]. The van der Waals surface area contributed by atoms with Crippen LogP contribution >= 0.6 is 0 Å². The van der Waals surface area contributed by atoms with E-state index in [9.17, 15) is 14.9 Å². The Morgan fingerprint density at radius 2 is 1.88 bits per heavy atom. The minimum absolute atomic E-state index is 0.0249. The van der Waals surface area contributed by atoms with Gasteiger partial charge in [-0.05, 0) is 39.3 Å². The van der Waals surface area contributed by atoms with Crippen molar-refractivity contribution < 1.29 is 14.5 Å². The molecule has 0 radical (unpaired) electrons. The standard InChI is InChI=1S/C18H21N3O4/c1-13-10-11-19-16(15(13)21(23)24)20(17(22)25-18(2,3)4)12-14-8-6-5-7-9-14/h5-11H,12H2,1-4H3. The highest BCUT2D eigenvalue weighted by Gasteiger charge is 2.31. The zero-order chi connectivity index (χ0) is 18.6. The molecule has 0 N–H and O–H groups in total. The molecule has 0 atom stereocenters. The summed E-state index contributed by atoms with van der Waals surface area (Å²) >= 11 is 0. The lowest BCUT2D eigenvalue weighted by atomic mass is 10.2. The molecule has 1 aromatic heterocycles. The number of aryl methyl sites for hydroxylation is 1. The topological polar surface area (TPSA) is 85.6 Å². The van der Waals surface area contributed by atoms with Gasteiger partial charge in [0, 0.05) is 11.8 Å². The summed E-state index contributed by atoms with van der Waals surface area (Å²) in [5.41, 5.74) is 0.303. The van der Waals surface area contributed by atoms with Crippen molar-refractivity contribution in [3.63, 3.8) is 0 Å². The number of amides is 1. The number of benzene rings is 1. The molecule has 2 rings (SSSR count). The smallest absolute Gasteiger partial charge is 0.416 e. The normalized spacial score (nSPS) is 11.0. The number of aromatic nitrogens is 1. The number of nitrogens with zero attached hydrogens (tertiary/aromatic N) is 3. The summed E-state index contributed by atoms with van der Waals surface area (Å²) in [4.78, 5) is 28.9. The molecule has 132 valence electrons. The lowest BCUT2D eigenvalue weighted by Crippen LogP contribution is -2.37. The van der Waals surface area contributed by atoms with E-state index in [2.05, 4.69) is 4.98 Å². The van der Waals surface area contributed by atoms with Gasteiger partial charge in [-0.2, -0.15) is 0 Å². The number of hydrogen-bond acceptors (Lipinski definition) is 5. The van der Waals surface area contributed by atoms with E-state index in [0.29, 0.717) is 5.56 Å². The van der Waals surface area contributed by atoms with Crippen LogP contribution in [0.2, 0.25) is 0 Å². The summed E-state index contributed by atoms with van der Waals surface area (Å²) in [5.74, 6) is -0.0249. The molecular weight excluding hydrogens is 322 g/mol. The Bertz CT molecular complexity index is 770. The Labute approximate surface area is 146 Å². The first-order valence-electron chi connectivity index (χ1n) is 7.83. The molecular formula is C18H21N3O4. The molecule has 7 nitrogen and oxygen atoms in total. The van der Waals surface area contributed by atoms with Crippen molar-refractivity contribution in [2.24, 2.45) is 0 Å². The van der Waals surface area contributed by atoms with Crippen LogP contribution in [0.4, 0.5) is 16.3 Å². The first-order valence-corrected chi connectivity index (χ1v) is 7.83. The van der Waals surface area contributed by atoms with Gasteiger partial charge in [-0.25, -0.2) is 9.78 Å². The van der Waals surface area contributed by atoms with Crippen LogP contribution in [0.1, 0.15) is 31.9 Å². The van der Waals surface area contributed by atoms with Gasteiger partial charge in [0.2, 0.25) is 5.82 Å². The van der Waals surface area contributed by atoms with Gasteiger partial charge >= 0.3 is 11.8 Å². The highest BCUT2D eigenvalue weighted by atomic mass is 16.6. The predicted octanol–water partition coefficient (Wildman–Crippen LogP) is 4.24. The number of rotatable bonds is 4. The monoisotopic (exact) mass is 343 g/mol. The Morgan fingerprint density at radius 3 is 2.44 bits per heavy atom. The molecule has 2 aromatic rings. The van der Waals surface area contributed by atoms with Crippen LogP contribution in [0, 0.1) is 17.0 Å². The summed E-state index contributed by atoms with van der Waals surface area (Å²) < 4.78 is 5.43. The van der Waals surface area contributed by atoms with Gasteiger partial charge in [-0.15, -0.1) is 0 Å². The van der Waals surface area contributed by atoms with E-state index in [1.807, 2.05) is 30.3 Å². The maximum Gasteiger partial charge on any atom is 0.416 e. The zero-order valence-corrected chi connectivity index (χ0v) is 14.7. The van der Waals surface area contributed by atoms with Gasteiger partial charge in [0.05, 0.1) is 11.5 Å². The average molecular weight is 343 g/mol. The summed E-state index contributed by atoms with van der Waals surface area (Å²) in [6.07, 6.45) is 0.762. The summed E-state index contributed by atoms with van der Waals surface area (Å²) in [5, 5.41) is 11.5. The third-order valence-corrected chi connectivity index (χ3v) is 3.34. The van der Waals surface area contributed by atoms with Crippen LogP contribution in [-0.4, -0.2) is 21.6 Å². The Kier molecular flexibility index (Phi) is 5.36. The first kappa shape index (κ1) is 18.4. The van der Waals surface area contributed by atoms with Crippen molar-refractivity contribution in [2.75, 3.05) is 4.90 Å². The lowest BCUT2D eigenvalue weighted by molar-refractivity contribution is -0.384. The molecule has 1 aromatic carbocycles. The molecule has 0 unspecified atom stereocenters. The Balaban J connectivity index is 2.50. The van der Waals surface area contributed by atoms with E-state index in [0.717, 1.165) is 5.56 Å². The van der Waals surface area contributed by atoms with Crippen LogP contribution in [0.5, 0.6) is 0 Å². The van der Waals surface area contributed by atoms with Gasteiger partial charge in [0.25, 0.3) is 0 Å². The lowest BCUT2D eigenvalue weighted by Gasteiger charge is -2.26. The molecule has 0 aliphatic rings. The zero-order valence-electron chi connectivity index (χ0n) is 14.7. The number of carbonyl (C=O) groups is 1. The third-order valence-electron chi connectivity index (χ3n) is 3.34. The molecule has 0 bridgehead atoms. The number of nitro groups is 1. The van der Waals surface area contributed by atoms with Crippen molar-refractivity contribution in [1.82, 2.24) is 4.98 Å². The predicted molar refractivity (Wildman–Crippen MR) is 94.5 cm³/mol. The second kappa shape index (κ2) is 7.29. The van der Waals surface area contributed by atoms with Gasteiger partial charge in [-0.1, -0.05) is 30.3 Å². The van der Waals surface area contributed by atoms with Crippen molar-refractivity contribution in [2.45, 2.75) is 39.8 Å². The number of carbonyl (C=O) groups excluding carboxylic acids is 1. The molecule has 7 heteroatoms. The maximum atomic E-state index is 12.7. The van der Waals surface area contributed by atoms with E-state index in [1.54, 1.807) is 27.7 Å². The van der Waals surface area contributed by atoms with Crippen molar-refractivity contribution in [1.29, 1.82) is 0 Å². The van der Waals surface area contributed by atoms with E-state index >= 15 is 0 Å². The number of ether oxygens (including phenoxy) is 1. The molecule has 1 heterocycles. The van der Waals surface area contributed by atoms with E-state index in [-0.39, 0.29) is 18.1 Å². The second-order valence-electron chi connectivity index (χ2n) is 6.61. The van der Waals surface area contributed by atoms with Crippen molar-refractivity contribution >= 4 is 17.6 Å². The molecule has 0 aliphatic carbocycles. The van der Waals surface area contributed by atoms with Gasteiger partial charge in [0.1, 0.15) is 5.60 Å². The van der Waals surface area contributed by atoms with Gasteiger partial charge in [-0.3, -0.25) is 15.0 Å². The number of hydrogen-bond donors (Lipinski definition) is 0. The minimum Gasteiger partial charge on any atom is -0.443 e. The van der Waals surface area contributed by atoms with Gasteiger partial charge in [0.15, 0.2) is 0 Å². The maximum absolute atomic E-state index is 12.7. The van der Waals surface area contributed by atoms with E-state index in [4.69, 9.17) is 4.74 Å². The molecule has 25 heavy (non-hydrogen) atoms. The fourth-order valence-electron chi connectivity index (χ4n) is 2.27.